The molecule has 0 spiro atoms. The third-order valence-electron chi connectivity index (χ3n) is 3.06. The highest BCUT2D eigenvalue weighted by atomic mass is 35.5. The van der Waals surface area contributed by atoms with Crippen LogP contribution in [-0.4, -0.2) is 16.3 Å². The highest BCUT2D eigenvalue weighted by Gasteiger charge is 2.17. The van der Waals surface area contributed by atoms with Crippen LogP contribution >= 0.6 is 23.2 Å². The Hall–Kier alpha value is -1.76. The molecule has 21 heavy (non-hydrogen) atoms. The van der Waals surface area contributed by atoms with Crippen LogP contribution in [0.1, 0.15) is 11.1 Å². The van der Waals surface area contributed by atoms with Crippen LogP contribution in [0, 0.1) is 0 Å². The molecule has 8 heteroatoms. The number of hydrogen-bond acceptors (Lipinski definition) is 4. The second kappa shape index (κ2) is 5.55. The number of halogens is 2. The highest BCUT2D eigenvalue weighted by molar-refractivity contribution is 6.30. The van der Waals surface area contributed by atoms with Crippen LogP contribution < -0.4 is 16.0 Å². The molecule has 0 saturated carbocycles. The van der Waals surface area contributed by atoms with E-state index in [4.69, 9.17) is 32.7 Å². The van der Waals surface area contributed by atoms with Crippen molar-refractivity contribution >= 4 is 23.2 Å². The lowest BCUT2D eigenvalue weighted by atomic mass is 10.1. The van der Waals surface area contributed by atoms with E-state index in [0.29, 0.717) is 22.9 Å². The zero-order chi connectivity index (χ0) is 15.0. The lowest BCUT2D eigenvalue weighted by Gasteiger charge is -2.21. The van der Waals surface area contributed by atoms with Gasteiger partial charge in [0.2, 0.25) is 0 Å². The minimum absolute atomic E-state index is 0.0604. The van der Waals surface area contributed by atoms with Gasteiger partial charge in [-0.25, -0.2) is 4.79 Å². The number of fused-ring (bicyclic) bond motifs is 1. The van der Waals surface area contributed by atoms with Crippen LogP contribution in [0.5, 0.6) is 5.75 Å². The van der Waals surface area contributed by atoms with Crippen molar-refractivity contribution in [3.63, 3.8) is 0 Å². The minimum atomic E-state index is -0.615. The first kappa shape index (κ1) is 14.2. The van der Waals surface area contributed by atoms with E-state index in [-0.39, 0.29) is 18.4 Å². The van der Waals surface area contributed by atoms with E-state index < -0.39 is 11.2 Å². The van der Waals surface area contributed by atoms with Crippen LogP contribution in [-0.2, 0) is 17.9 Å². The first-order valence-electron chi connectivity index (χ1n) is 6.05. The van der Waals surface area contributed by atoms with E-state index in [1.807, 2.05) is 0 Å². The van der Waals surface area contributed by atoms with Gasteiger partial charge in [0.1, 0.15) is 10.8 Å². The Morgan fingerprint density at radius 2 is 2.10 bits per heavy atom. The number of aromatic nitrogens is 2. The Balaban J connectivity index is 2.06. The maximum atomic E-state index is 11.8. The van der Waals surface area contributed by atoms with Crippen molar-refractivity contribution in [1.82, 2.24) is 9.55 Å². The molecule has 1 aliphatic heterocycles. The van der Waals surface area contributed by atoms with Crippen LogP contribution in [0.15, 0.2) is 27.9 Å². The SMILES string of the molecule is O=c1[nH]c(=O)n(Cc2cc(Cl)cc3c2OCOC3)cc1Cl. The molecule has 0 atom stereocenters. The Morgan fingerprint density at radius 3 is 2.90 bits per heavy atom. The molecule has 2 heterocycles. The molecule has 0 unspecified atom stereocenters. The van der Waals surface area contributed by atoms with Crippen LogP contribution in [0.4, 0.5) is 0 Å². The molecule has 1 aromatic carbocycles. The van der Waals surface area contributed by atoms with Crippen molar-refractivity contribution in [3.05, 3.63) is 60.3 Å². The van der Waals surface area contributed by atoms with E-state index >= 15 is 0 Å². The Labute approximate surface area is 128 Å². The second-order valence-corrected chi connectivity index (χ2v) is 5.37. The molecule has 6 nitrogen and oxygen atoms in total. The molecule has 3 rings (SSSR count). The average Bonchev–Trinajstić information content (AvgIpc) is 2.44. The second-order valence-electron chi connectivity index (χ2n) is 4.53. The van der Waals surface area contributed by atoms with E-state index in [2.05, 4.69) is 4.98 Å². The number of nitrogens with one attached hydrogen (secondary N) is 1. The zero-order valence-corrected chi connectivity index (χ0v) is 12.2. The van der Waals surface area contributed by atoms with Gasteiger partial charge in [0.25, 0.3) is 5.56 Å². The molecule has 0 amide bonds. The average molecular weight is 329 g/mol. The maximum Gasteiger partial charge on any atom is 0.328 e. The number of aromatic amines is 1. The topological polar surface area (TPSA) is 73.3 Å². The first-order valence-corrected chi connectivity index (χ1v) is 6.81. The number of ether oxygens (including phenoxy) is 2. The van der Waals surface area contributed by atoms with E-state index in [9.17, 15) is 9.59 Å². The van der Waals surface area contributed by atoms with E-state index in [1.165, 1.54) is 10.8 Å². The van der Waals surface area contributed by atoms with Gasteiger partial charge in [-0.05, 0) is 12.1 Å². The largest absolute Gasteiger partial charge is 0.467 e. The fourth-order valence-electron chi connectivity index (χ4n) is 2.16. The summed E-state index contributed by atoms with van der Waals surface area (Å²) in [6.45, 7) is 0.714. The Kier molecular flexibility index (Phi) is 3.75. The summed E-state index contributed by atoms with van der Waals surface area (Å²) >= 11 is 11.8. The van der Waals surface area contributed by atoms with Crippen molar-refractivity contribution in [3.8, 4) is 5.75 Å². The molecular weight excluding hydrogens is 319 g/mol. The molecule has 0 bridgehead atoms. The summed E-state index contributed by atoms with van der Waals surface area (Å²) in [6, 6.07) is 3.46. The molecule has 0 fully saturated rings. The number of H-pyrrole nitrogens is 1. The van der Waals surface area contributed by atoms with Gasteiger partial charge in [0.15, 0.2) is 6.79 Å². The van der Waals surface area contributed by atoms with Crippen LogP contribution in [0.3, 0.4) is 0 Å². The molecule has 110 valence electrons. The van der Waals surface area contributed by atoms with Crippen LogP contribution in [0.2, 0.25) is 10.0 Å². The van der Waals surface area contributed by atoms with Gasteiger partial charge >= 0.3 is 5.69 Å². The highest BCUT2D eigenvalue weighted by Crippen LogP contribution is 2.31. The molecule has 0 saturated heterocycles. The molecule has 1 N–H and O–H groups in total. The van der Waals surface area contributed by atoms with E-state index in [1.54, 1.807) is 12.1 Å². The van der Waals surface area contributed by atoms with Gasteiger partial charge in [-0.3, -0.25) is 14.3 Å². The lowest BCUT2D eigenvalue weighted by Crippen LogP contribution is -2.30. The third-order valence-corrected chi connectivity index (χ3v) is 3.55. The smallest absolute Gasteiger partial charge is 0.328 e. The van der Waals surface area contributed by atoms with Crippen LogP contribution in [0.25, 0.3) is 0 Å². The van der Waals surface area contributed by atoms with Crippen molar-refractivity contribution < 1.29 is 9.47 Å². The summed E-state index contributed by atoms with van der Waals surface area (Å²) in [5.41, 5.74) is 0.360. The summed E-state index contributed by atoms with van der Waals surface area (Å²) in [5, 5.41) is 0.455. The van der Waals surface area contributed by atoms with Gasteiger partial charge in [0, 0.05) is 22.3 Å². The summed E-state index contributed by atoms with van der Waals surface area (Å²) < 4.78 is 12.0. The number of hydrogen-bond donors (Lipinski definition) is 1. The van der Waals surface area contributed by atoms with Crippen molar-refractivity contribution in [2.24, 2.45) is 0 Å². The van der Waals surface area contributed by atoms with Gasteiger partial charge in [-0.1, -0.05) is 23.2 Å². The fraction of sp³-hybridized carbons (Fsp3) is 0.231. The molecule has 0 radical (unpaired) electrons. The predicted molar refractivity (Wildman–Crippen MR) is 77.2 cm³/mol. The summed E-state index contributed by atoms with van der Waals surface area (Å²) in [6.07, 6.45) is 1.29. The monoisotopic (exact) mass is 328 g/mol. The van der Waals surface area contributed by atoms with Crippen molar-refractivity contribution in [1.29, 1.82) is 0 Å². The zero-order valence-electron chi connectivity index (χ0n) is 10.7. The Bertz CT molecular complexity index is 813. The minimum Gasteiger partial charge on any atom is -0.467 e. The molecule has 1 aliphatic rings. The number of rotatable bonds is 2. The molecule has 1 aromatic heterocycles. The standard InChI is InChI=1S/C13H10Cl2N2O4/c14-9-1-7(11-8(2-9)5-20-6-21-11)3-17-4-10(15)12(18)16-13(17)19/h1-2,4H,3,5-6H2,(H,16,18,19). The summed E-state index contributed by atoms with van der Waals surface area (Å²) in [4.78, 5) is 25.2. The van der Waals surface area contributed by atoms with Gasteiger partial charge in [0.05, 0.1) is 13.2 Å². The molecular formula is C13H10Cl2N2O4. The summed E-state index contributed by atoms with van der Waals surface area (Å²) in [5.74, 6) is 0.639. The lowest BCUT2D eigenvalue weighted by molar-refractivity contribution is -0.0170. The van der Waals surface area contributed by atoms with Crippen molar-refractivity contribution in [2.45, 2.75) is 13.2 Å². The molecule has 2 aromatic rings. The Morgan fingerprint density at radius 1 is 1.29 bits per heavy atom. The van der Waals surface area contributed by atoms with E-state index in [0.717, 1.165) is 5.56 Å². The number of nitrogens with zero attached hydrogens (tertiary/aromatic N) is 1. The first-order chi connectivity index (χ1) is 10.0. The van der Waals surface area contributed by atoms with Gasteiger partial charge in [-0.15, -0.1) is 0 Å². The summed E-state index contributed by atoms with van der Waals surface area (Å²) in [7, 11) is 0. The third kappa shape index (κ3) is 2.83. The predicted octanol–water partition coefficient (Wildman–Crippen LogP) is 1.76. The van der Waals surface area contributed by atoms with Gasteiger partial charge in [-0.2, -0.15) is 0 Å². The molecule has 0 aliphatic carbocycles. The van der Waals surface area contributed by atoms with Crippen molar-refractivity contribution in [2.75, 3.05) is 6.79 Å². The fourth-order valence-corrected chi connectivity index (χ4v) is 2.59. The van der Waals surface area contributed by atoms with Gasteiger partial charge < -0.3 is 9.47 Å². The maximum absolute atomic E-state index is 11.8. The quantitative estimate of drug-likeness (QED) is 0.911. The number of benzene rings is 1. The normalized spacial score (nSPS) is 13.6.